The van der Waals surface area contributed by atoms with Crippen LogP contribution >= 0.6 is 0 Å². The number of carbonyl (C=O) groups excluding carboxylic acids is 1. The standard InChI is InChI=1S/C17H14N2O3/c20-16(21)9-14-10-18-17(22)15-8-13(11-19(14)15)7-6-12-4-2-1-3-5-12/h1-5,8,11,14H,9-10H2,(H,18,22)(H,20,21). The number of hydrogen-bond acceptors (Lipinski definition) is 2. The lowest BCUT2D eigenvalue weighted by Crippen LogP contribution is -2.39. The summed E-state index contributed by atoms with van der Waals surface area (Å²) in [7, 11) is 0. The van der Waals surface area contributed by atoms with E-state index in [9.17, 15) is 9.59 Å². The van der Waals surface area contributed by atoms with Crippen molar-refractivity contribution in [1.29, 1.82) is 0 Å². The van der Waals surface area contributed by atoms with E-state index in [0.29, 0.717) is 17.8 Å². The summed E-state index contributed by atoms with van der Waals surface area (Å²) >= 11 is 0. The van der Waals surface area contributed by atoms with Gasteiger partial charge in [0.05, 0.1) is 12.5 Å². The van der Waals surface area contributed by atoms with Crippen LogP contribution in [-0.4, -0.2) is 28.1 Å². The van der Waals surface area contributed by atoms with Crippen molar-refractivity contribution < 1.29 is 14.7 Å². The van der Waals surface area contributed by atoms with Gasteiger partial charge in [-0.2, -0.15) is 0 Å². The summed E-state index contributed by atoms with van der Waals surface area (Å²) in [4.78, 5) is 22.8. The number of hydrogen-bond donors (Lipinski definition) is 2. The number of carboxylic acid groups (broad SMARTS) is 1. The monoisotopic (exact) mass is 294 g/mol. The summed E-state index contributed by atoms with van der Waals surface area (Å²) in [5.74, 6) is 4.95. The topological polar surface area (TPSA) is 71.3 Å². The molecule has 0 radical (unpaired) electrons. The molecule has 2 heterocycles. The van der Waals surface area contributed by atoms with Gasteiger partial charge >= 0.3 is 5.97 Å². The molecule has 1 aliphatic rings. The molecule has 0 fully saturated rings. The molecule has 1 aliphatic heterocycles. The quantitative estimate of drug-likeness (QED) is 0.827. The first-order valence-electron chi connectivity index (χ1n) is 6.92. The van der Waals surface area contributed by atoms with Gasteiger partial charge in [-0.05, 0) is 18.2 Å². The van der Waals surface area contributed by atoms with Crippen LogP contribution in [0.15, 0.2) is 42.6 Å². The summed E-state index contributed by atoms with van der Waals surface area (Å²) in [5.41, 5.74) is 2.04. The van der Waals surface area contributed by atoms with Crippen molar-refractivity contribution in [3.8, 4) is 11.8 Å². The first-order valence-corrected chi connectivity index (χ1v) is 6.92. The fraction of sp³-hybridized carbons (Fsp3) is 0.176. The minimum absolute atomic E-state index is 0.0342. The van der Waals surface area contributed by atoms with Crippen molar-refractivity contribution in [2.75, 3.05) is 6.54 Å². The van der Waals surface area contributed by atoms with Crippen LogP contribution in [0.1, 0.15) is 34.1 Å². The van der Waals surface area contributed by atoms with Gasteiger partial charge in [0.25, 0.3) is 5.91 Å². The summed E-state index contributed by atoms with van der Waals surface area (Å²) in [6, 6.07) is 11.0. The molecule has 0 bridgehead atoms. The number of carbonyl (C=O) groups is 2. The molecule has 1 amide bonds. The predicted octanol–water partition coefficient (Wildman–Crippen LogP) is 1.65. The van der Waals surface area contributed by atoms with Crippen LogP contribution in [0.25, 0.3) is 0 Å². The van der Waals surface area contributed by atoms with Crippen LogP contribution in [-0.2, 0) is 4.79 Å². The molecule has 22 heavy (non-hydrogen) atoms. The molecular formula is C17H14N2O3. The maximum absolute atomic E-state index is 11.9. The average Bonchev–Trinajstić information content (AvgIpc) is 2.94. The van der Waals surface area contributed by atoms with E-state index in [0.717, 1.165) is 5.56 Å². The van der Waals surface area contributed by atoms with E-state index in [1.165, 1.54) is 0 Å². The largest absolute Gasteiger partial charge is 0.481 e. The van der Waals surface area contributed by atoms with Gasteiger partial charge in [-0.1, -0.05) is 30.0 Å². The highest BCUT2D eigenvalue weighted by Crippen LogP contribution is 2.21. The molecule has 0 spiro atoms. The van der Waals surface area contributed by atoms with Crippen LogP contribution < -0.4 is 5.32 Å². The van der Waals surface area contributed by atoms with E-state index in [1.807, 2.05) is 30.3 Å². The molecule has 110 valence electrons. The Kier molecular flexibility index (Phi) is 3.67. The van der Waals surface area contributed by atoms with Gasteiger partial charge in [0, 0.05) is 23.9 Å². The minimum Gasteiger partial charge on any atom is -0.481 e. The molecule has 1 aromatic carbocycles. The Hall–Kier alpha value is -3.00. The SMILES string of the molecule is O=C(O)CC1CNC(=O)c2cc(C#Cc3ccccc3)cn21. The Morgan fingerprint density at radius 1 is 1.27 bits per heavy atom. The van der Waals surface area contributed by atoms with E-state index in [2.05, 4.69) is 17.2 Å². The van der Waals surface area contributed by atoms with Crippen molar-refractivity contribution in [2.45, 2.75) is 12.5 Å². The van der Waals surface area contributed by atoms with Crippen LogP contribution in [0, 0.1) is 11.8 Å². The van der Waals surface area contributed by atoms with Gasteiger partial charge in [0.15, 0.2) is 0 Å². The Labute approximate surface area is 127 Å². The number of rotatable bonds is 2. The van der Waals surface area contributed by atoms with Gasteiger partial charge < -0.3 is 15.0 Å². The zero-order chi connectivity index (χ0) is 15.5. The van der Waals surface area contributed by atoms with Crippen molar-refractivity contribution in [3.05, 3.63) is 59.4 Å². The summed E-state index contributed by atoms with van der Waals surface area (Å²) in [6.45, 7) is 0.318. The predicted molar refractivity (Wildman–Crippen MR) is 80.5 cm³/mol. The number of benzene rings is 1. The van der Waals surface area contributed by atoms with Crippen molar-refractivity contribution in [2.24, 2.45) is 0 Å². The summed E-state index contributed by atoms with van der Waals surface area (Å²) in [6.07, 6.45) is 1.71. The molecule has 5 heteroatoms. The number of amides is 1. The van der Waals surface area contributed by atoms with E-state index >= 15 is 0 Å². The zero-order valence-corrected chi connectivity index (χ0v) is 11.7. The van der Waals surface area contributed by atoms with E-state index in [-0.39, 0.29) is 18.4 Å². The lowest BCUT2D eigenvalue weighted by Gasteiger charge is -2.24. The number of nitrogens with one attached hydrogen (secondary N) is 1. The summed E-state index contributed by atoms with van der Waals surface area (Å²) < 4.78 is 1.71. The lowest BCUT2D eigenvalue weighted by molar-refractivity contribution is -0.137. The van der Waals surface area contributed by atoms with Crippen LogP contribution in [0.3, 0.4) is 0 Å². The Morgan fingerprint density at radius 2 is 2.00 bits per heavy atom. The third kappa shape index (κ3) is 2.86. The first-order chi connectivity index (χ1) is 10.6. The van der Waals surface area contributed by atoms with Crippen molar-refractivity contribution >= 4 is 11.9 Å². The van der Waals surface area contributed by atoms with E-state index in [1.54, 1.807) is 16.8 Å². The van der Waals surface area contributed by atoms with E-state index in [4.69, 9.17) is 5.11 Å². The number of aromatic nitrogens is 1. The summed E-state index contributed by atoms with van der Waals surface area (Å²) in [5, 5.41) is 11.7. The normalized spacial score (nSPS) is 16.2. The highest BCUT2D eigenvalue weighted by molar-refractivity contribution is 5.94. The number of carboxylic acids is 1. The smallest absolute Gasteiger partial charge is 0.305 e. The fourth-order valence-electron chi connectivity index (χ4n) is 2.47. The second kappa shape index (κ2) is 5.78. The third-order valence-electron chi connectivity index (χ3n) is 3.51. The van der Waals surface area contributed by atoms with Gasteiger partial charge in [-0.25, -0.2) is 0 Å². The second-order valence-electron chi connectivity index (χ2n) is 5.10. The average molecular weight is 294 g/mol. The maximum Gasteiger partial charge on any atom is 0.305 e. The van der Waals surface area contributed by atoms with Gasteiger partial charge in [0.2, 0.25) is 0 Å². The molecule has 3 rings (SSSR count). The maximum atomic E-state index is 11.9. The molecular weight excluding hydrogens is 280 g/mol. The molecule has 5 nitrogen and oxygen atoms in total. The first kappa shape index (κ1) is 14.0. The highest BCUT2D eigenvalue weighted by atomic mass is 16.4. The van der Waals surface area contributed by atoms with Gasteiger partial charge in [-0.15, -0.1) is 0 Å². The van der Waals surface area contributed by atoms with E-state index < -0.39 is 5.97 Å². The number of fused-ring (bicyclic) bond motifs is 1. The Morgan fingerprint density at radius 3 is 2.73 bits per heavy atom. The fourth-order valence-corrected chi connectivity index (χ4v) is 2.47. The molecule has 0 saturated heterocycles. The lowest BCUT2D eigenvalue weighted by atomic mass is 10.1. The highest BCUT2D eigenvalue weighted by Gasteiger charge is 2.26. The molecule has 1 atom stereocenters. The minimum atomic E-state index is -0.891. The Bertz CT molecular complexity index is 781. The van der Waals surface area contributed by atoms with Gasteiger partial charge in [0.1, 0.15) is 5.69 Å². The zero-order valence-electron chi connectivity index (χ0n) is 11.7. The van der Waals surface area contributed by atoms with Crippen LogP contribution in [0.5, 0.6) is 0 Å². The van der Waals surface area contributed by atoms with Crippen LogP contribution in [0.2, 0.25) is 0 Å². The number of nitrogens with zero attached hydrogens (tertiary/aromatic N) is 1. The van der Waals surface area contributed by atoms with Crippen molar-refractivity contribution in [1.82, 2.24) is 9.88 Å². The molecule has 2 N–H and O–H groups in total. The van der Waals surface area contributed by atoms with Crippen molar-refractivity contribution in [3.63, 3.8) is 0 Å². The molecule has 1 aromatic heterocycles. The molecule has 0 saturated carbocycles. The molecule has 2 aromatic rings. The Balaban J connectivity index is 1.91. The van der Waals surface area contributed by atoms with Crippen LogP contribution in [0.4, 0.5) is 0 Å². The third-order valence-corrected chi connectivity index (χ3v) is 3.51. The number of aliphatic carboxylic acids is 1. The molecule has 0 aliphatic carbocycles. The molecule has 1 unspecified atom stereocenters. The second-order valence-corrected chi connectivity index (χ2v) is 5.10. The van der Waals surface area contributed by atoms with Gasteiger partial charge in [-0.3, -0.25) is 9.59 Å².